The van der Waals surface area contributed by atoms with Gasteiger partial charge in [0, 0.05) is 25.7 Å². The van der Waals surface area contributed by atoms with Crippen LogP contribution in [0.2, 0.25) is 0 Å². The Bertz CT molecular complexity index is 1050. The van der Waals surface area contributed by atoms with Gasteiger partial charge >= 0.3 is 0 Å². The third-order valence-corrected chi connectivity index (χ3v) is 5.73. The summed E-state index contributed by atoms with van der Waals surface area (Å²) in [6.45, 7) is 9.89. The van der Waals surface area contributed by atoms with Gasteiger partial charge in [-0.1, -0.05) is 13.3 Å². The van der Waals surface area contributed by atoms with Gasteiger partial charge < -0.3 is 14.6 Å². The molecule has 1 aromatic heterocycles. The molecule has 3 rings (SSSR count). The monoisotopic (exact) mass is 487 g/mol. The molecule has 190 valence electrons. The molecule has 0 aliphatic rings. The molecular formula is C27H35F2N3O3. The van der Waals surface area contributed by atoms with E-state index in [0.29, 0.717) is 37.0 Å². The Hall–Kier alpha value is -2.81. The molecule has 0 aliphatic carbocycles. The normalized spacial score (nSPS) is 12.5. The lowest BCUT2D eigenvalue weighted by atomic mass is 10.2. The van der Waals surface area contributed by atoms with Crippen LogP contribution in [-0.2, 0) is 11.3 Å². The number of aromatic nitrogens is 2. The summed E-state index contributed by atoms with van der Waals surface area (Å²) in [6.07, 6.45) is 1.37. The fourth-order valence-corrected chi connectivity index (χ4v) is 3.65. The number of aliphatic hydroxyl groups excluding tert-OH is 1. The van der Waals surface area contributed by atoms with Crippen molar-refractivity contribution < 1.29 is 23.4 Å². The van der Waals surface area contributed by atoms with E-state index in [9.17, 15) is 13.9 Å². The van der Waals surface area contributed by atoms with Crippen LogP contribution in [0, 0.1) is 18.6 Å². The van der Waals surface area contributed by atoms with E-state index < -0.39 is 6.10 Å². The SMILES string of the molecule is CCCCOC[C@H](O)CN(Cc1c(C)nn(-c2ccc(F)cc2)c1Oc1ccc(F)cc1)C(C)C. The number of aliphatic hydroxyl groups is 1. The predicted molar refractivity (Wildman–Crippen MR) is 132 cm³/mol. The molecule has 3 aromatic rings. The number of ether oxygens (including phenoxy) is 2. The zero-order chi connectivity index (χ0) is 25.4. The first-order valence-corrected chi connectivity index (χ1v) is 12.1. The average molecular weight is 488 g/mol. The van der Waals surface area contributed by atoms with Crippen LogP contribution >= 0.6 is 0 Å². The summed E-state index contributed by atoms with van der Waals surface area (Å²) in [4.78, 5) is 2.13. The van der Waals surface area contributed by atoms with Crippen molar-refractivity contribution in [2.75, 3.05) is 19.8 Å². The minimum absolute atomic E-state index is 0.132. The third kappa shape index (κ3) is 7.59. The van der Waals surface area contributed by atoms with Crippen molar-refractivity contribution in [3.8, 4) is 17.3 Å². The molecular weight excluding hydrogens is 452 g/mol. The maximum atomic E-state index is 13.5. The Labute approximate surface area is 206 Å². The second-order valence-corrected chi connectivity index (χ2v) is 8.92. The number of hydrogen-bond acceptors (Lipinski definition) is 5. The molecule has 6 nitrogen and oxygen atoms in total. The van der Waals surface area contributed by atoms with Gasteiger partial charge in [0.2, 0.25) is 5.88 Å². The fourth-order valence-electron chi connectivity index (χ4n) is 3.65. The number of hydrogen-bond donors (Lipinski definition) is 1. The van der Waals surface area contributed by atoms with E-state index in [1.54, 1.807) is 28.9 Å². The van der Waals surface area contributed by atoms with Crippen LogP contribution in [0.5, 0.6) is 11.6 Å². The Morgan fingerprint density at radius 1 is 1.03 bits per heavy atom. The van der Waals surface area contributed by atoms with Crippen LogP contribution in [0.25, 0.3) is 5.69 Å². The number of aryl methyl sites for hydroxylation is 1. The van der Waals surface area contributed by atoms with Crippen LogP contribution in [-0.4, -0.2) is 51.7 Å². The summed E-state index contributed by atoms with van der Waals surface area (Å²) in [5.41, 5.74) is 2.20. The first-order valence-electron chi connectivity index (χ1n) is 12.1. The van der Waals surface area contributed by atoms with Gasteiger partial charge in [-0.3, -0.25) is 4.90 Å². The number of halogens is 2. The first kappa shape index (κ1) is 26.8. The minimum Gasteiger partial charge on any atom is -0.439 e. The number of nitrogens with zero attached hydrogens (tertiary/aromatic N) is 3. The van der Waals surface area contributed by atoms with Crippen molar-refractivity contribution in [3.63, 3.8) is 0 Å². The molecule has 1 atom stereocenters. The first-order chi connectivity index (χ1) is 16.8. The molecule has 0 aliphatic heterocycles. The summed E-state index contributed by atoms with van der Waals surface area (Å²) >= 11 is 0. The quantitative estimate of drug-likeness (QED) is 0.316. The maximum absolute atomic E-state index is 13.5. The maximum Gasteiger partial charge on any atom is 0.227 e. The van der Waals surface area contributed by atoms with Crippen LogP contribution in [0.15, 0.2) is 48.5 Å². The summed E-state index contributed by atoms with van der Waals surface area (Å²) < 4.78 is 40.4. The van der Waals surface area contributed by atoms with Crippen LogP contribution in [0.1, 0.15) is 44.9 Å². The van der Waals surface area contributed by atoms with Gasteiger partial charge in [-0.2, -0.15) is 5.10 Å². The molecule has 0 radical (unpaired) electrons. The second kappa shape index (κ2) is 12.8. The number of benzene rings is 2. The van der Waals surface area contributed by atoms with Crippen LogP contribution < -0.4 is 4.74 Å². The van der Waals surface area contributed by atoms with E-state index >= 15 is 0 Å². The standard InChI is InChI=1S/C27H35F2N3O3/c1-5-6-15-34-18-24(33)16-31(19(2)3)17-26-20(4)30-32(23-11-7-21(28)8-12-23)27(26)35-25-13-9-22(29)10-14-25/h7-14,19,24,33H,5-6,15-18H2,1-4H3/t24-/m1/s1. The van der Waals surface area contributed by atoms with Crippen molar-refractivity contribution in [2.24, 2.45) is 0 Å². The van der Waals surface area contributed by atoms with Crippen molar-refractivity contribution >= 4 is 0 Å². The van der Waals surface area contributed by atoms with E-state index in [2.05, 4.69) is 30.8 Å². The molecule has 0 amide bonds. The van der Waals surface area contributed by atoms with E-state index in [1.807, 2.05) is 6.92 Å². The molecule has 0 bridgehead atoms. The van der Waals surface area contributed by atoms with E-state index in [4.69, 9.17) is 9.47 Å². The summed E-state index contributed by atoms with van der Waals surface area (Å²) in [6, 6.07) is 11.9. The van der Waals surface area contributed by atoms with Gasteiger partial charge in [0.25, 0.3) is 0 Å². The highest BCUT2D eigenvalue weighted by Crippen LogP contribution is 2.32. The van der Waals surface area contributed by atoms with Gasteiger partial charge in [-0.25, -0.2) is 13.5 Å². The molecule has 0 saturated heterocycles. The largest absolute Gasteiger partial charge is 0.439 e. The Kier molecular flexibility index (Phi) is 9.77. The van der Waals surface area contributed by atoms with Crippen LogP contribution in [0.3, 0.4) is 0 Å². The Morgan fingerprint density at radius 2 is 1.66 bits per heavy atom. The second-order valence-electron chi connectivity index (χ2n) is 8.92. The van der Waals surface area contributed by atoms with E-state index in [1.165, 1.54) is 24.3 Å². The van der Waals surface area contributed by atoms with Crippen molar-refractivity contribution in [2.45, 2.75) is 59.2 Å². The van der Waals surface area contributed by atoms with E-state index in [-0.39, 0.29) is 24.3 Å². The van der Waals surface area contributed by atoms with Gasteiger partial charge in [-0.05, 0) is 75.7 Å². The highest BCUT2D eigenvalue weighted by molar-refractivity contribution is 5.43. The Balaban J connectivity index is 1.89. The van der Waals surface area contributed by atoms with Gasteiger partial charge in [-0.15, -0.1) is 0 Å². The van der Waals surface area contributed by atoms with Gasteiger partial charge in [0.15, 0.2) is 0 Å². The molecule has 8 heteroatoms. The summed E-state index contributed by atoms with van der Waals surface area (Å²) in [7, 11) is 0. The predicted octanol–water partition coefficient (Wildman–Crippen LogP) is 5.64. The lowest BCUT2D eigenvalue weighted by molar-refractivity contribution is 0.00842. The molecule has 2 aromatic carbocycles. The summed E-state index contributed by atoms with van der Waals surface area (Å²) in [5.74, 6) is 0.207. The summed E-state index contributed by atoms with van der Waals surface area (Å²) in [5, 5.41) is 15.2. The molecule has 1 N–H and O–H groups in total. The minimum atomic E-state index is -0.636. The van der Waals surface area contributed by atoms with Crippen molar-refractivity contribution in [1.29, 1.82) is 0 Å². The topological polar surface area (TPSA) is 59.8 Å². The zero-order valence-corrected chi connectivity index (χ0v) is 20.9. The molecule has 0 saturated carbocycles. The lowest BCUT2D eigenvalue weighted by Crippen LogP contribution is -2.39. The third-order valence-electron chi connectivity index (χ3n) is 5.73. The van der Waals surface area contributed by atoms with Crippen LogP contribution in [0.4, 0.5) is 8.78 Å². The zero-order valence-electron chi connectivity index (χ0n) is 20.9. The molecule has 1 heterocycles. The van der Waals surface area contributed by atoms with E-state index in [0.717, 1.165) is 24.1 Å². The van der Waals surface area contributed by atoms with Crippen molar-refractivity contribution in [3.05, 3.63) is 71.4 Å². The highest BCUT2D eigenvalue weighted by Gasteiger charge is 2.24. The van der Waals surface area contributed by atoms with Gasteiger partial charge in [0.05, 0.1) is 29.7 Å². The smallest absolute Gasteiger partial charge is 0.227 e. The lowest BCUT2D eigenvalue weighted by Gasteiger charge is -2.29. The number of rotatable bonds is 13. The molecule has 0 fully saturated rings. The van der Waals surface area contributed by atoms with Gasteiger partial charge in [0.1, 0.15) is 17.4 Å². The highest BCUT2D eigenvalue weighted by atomic mass is 19.1. The average Bonchev–Trinajstić information content (AvgIpc) is 3.13. The van der Waals surface area contributed by atoms with Crippen molar-refractivity contribution in [1.82, 2.24) is 14.7 Å². The Morgan fingerprint density at radius 3 is 2.26 bits per heavy atom. The molecule has 35 heavy (non-hydrogen) atoms. The molecule has 0 unspecified atom stereocenters. The molecule has 0 spiro atoms. The fraction of sp³-hybridized carbons (Fsp3) is 0.444. The number of unbranched alkanes of at least 4 members (excludes halogenated alkanes) is 1.